The zero-order chi connectivity index (χ0) is 10.9. The molecular formula is C11H15ClIN. The first-order chi connectivity index (χ1) is 6.32. The van der Waals surface area contributed by atoms with Crippen LogP contribution in [0.1, 0.15) is 32.4 Å². The van der Waals surface area contributed by atoms with E-state index in [1.54, 1.807) is 0 Å². The Labute approximate surface area is 104 Å². The smallest absolute Gasteiger partial charge is 0.0416 e. The average Bonchev–Trinajstić information content (AvgIpc) is 2.01. The highest BCUT2D eigenvalue weighted by Crippen LogP contribution is 2.33. The largest absolute Gasteiger partial charge is 0.323 e. The molecule has 0 aliphatic heterocycles. The van der Waals surface area contributed by atoms with Gasteiger partial charge >= 0.3 is 0 Å². The van der Waals surface area contributed by atoms with E-state index in [2.05, 4.69) is 43.4 Å². The van der Waals surface area contributed by atoms with Crippen molar-refractivity contribution in [1.82, 2.24) is 0 Å². The molecule has 1 aromatic rings. The van der Waals surface area contributed by atoms with E-state index in [9.17, 15) is 0 Å². The van der Waals surface area contributed by atoms with Crippen LogP contribution in [-0.4, -0.2) is 0 Å². The summed E-state index contributed by atoms with van der Waals surface area (Å²) in [5, 5.41) is 0.763. The van der Waals surface area contributed by atoms with Gasteiger partial charge in [-0.15, -0.1) is 0 Å². The lowest BCUT2D eigenvalue weighted by molar-refractivity contribution is 0.326. The van der Waals surface area contributed by atoms with E-state index in [1.807, 2.05) is 18.2 Å². The zero-order valence-electron chi connectivity index (χ0n) is 8.64. The lowest BCUT2D eigenvalue weighted by Crippen LogP contribution is -2.26. The highest BCUT2D eigenvalue weighted by Gasteiger charge is 2.23. The molecule has 1 rings (SSSR count). The van der Waals surface area contributed by atoms with Crippen molar-refractivity contribution in [3.8, 4) is 0 Å². The van der Waals surface area contributed by atoms with Crippen molar-refractivity contribution in [3.05, 3.63) is 32.4 Å². The molecule has 0 radical (unpaired) electrons. The number of hydrogen-bond donors (Lipinski definition) is 1. The fourth-order valence-corrected chi connectivity index (χ4v) is 2.43. The van der Waals surface area contributed by atoms with Crippen LogP contribution in [0.2, 0.25) is 5.02 Å². The Kier molecular flexibility index (Phi) is 3.83. The number of halogens is 2. The SMILES string of the molecule is CC(C)(C)[C@@H](N)c1ccc(Cl)cc1I. The molecule has 0 saturated heterocycles. The van der Waals surface area contributed by atoms with E-state index < -0.39 is 0 Å². The van der Waals surface area contributed by atoms with Crippen molar-refractivity contribution in [1.29, 1.82) is 0 Å². The van der Waals surface area contributed by atoms with E-state index in [0.29, 0.717) is 0 Å². The predicted octanol–water partition coefficient (Wildman–Crippen LogP) is 3.99. The molecule has 0 amide bonds. The number of benzene rings is 1. The predicted molar refractivity (Wildman–Crippen MR) is 70.6 cm³/mol. The van der Waals surface area contributed by atoms with Gasteiger partial charge in [0.1, 0.15) is 0 Å². The minimum absolute atomic E-state index is 0.0478. The van der Waals surface area contributed by atoms with Crippen LogP contribution in [0.25, 0.3) is 0 Å². The molecule has 1 atom stereocenters. The summed E-state index contributed by atoms with van der Waals surface area (Å²) in [6.07, 6.45) is 0. The van der Waals surface area contributed by atoms with Crippen LogP contribution in [0.15, 0.2) is 18.2 Å². The van der Waals surface area contributed by atoms with E-state index in [-0.39, 0.29) is 11.5 Å². The molecule has 2 N–H and O–H groups in total. The van der Waals surface area contributed by atoms with Crippen molar-refractivity contribution in [2.75, 3.05) is 0 Å². The van der Waals surface area contributed by atoms with Gasteiger partial charge in [-0.05, 0) is 45.7 Å². The fraction of sp³-hybridized carbons (Fsp3) is 0.455. The molecule has 0 bridgehead atoms. The molecule has 3 heteroatoms. The molecule has 0 fully saturated rings. The second-order valence-corrected chi connectivity index (χ2v) is 6.11. The molecule has 1 aromatic carbocycles. The first kappa shape index (κ1) is 12.3. The molecular weight excluding hydrogens is 308 g/mol. The van der Waals surface area contributed by atoms with Crippen LogP contribution in [0.3, 0.4) is 0 Å². The van der Waals surface area contributed by atoms with Gasteiger partial charge in [-0.2, -0.15) is 0 Å². The van der Waals surface area contributed by atoms with Gasteiger partial charge in [0.15, 0.2) is 0 Å². The van der Waals surface area contributed by atoms with E-state index in [4.69, 9.17) is 17.3 Å². The Morgan fingerprint density at radius 2 is 1.93 bits per heavy atom. The third kappa shape index (κ3) is 2.84. The van der Waals surface area contributed by atoms with E-state index in [1.165, 1.54) is 5.56 Å². The zero-order valence-corrected chi connectivity index (χ0v) is 11.6. The number of nitrogens with two attached hydrogens (primary N) is 1. The van der Waals surface area contributed by atoms with Gasteiger partial charge in [0.25, 0.3) is 0 Å². The van der Waals surface area contributed by atoms with Crippen molar-refractivity contribution in [3.63, 3.8) is 0 Å². The van der Waals surface area contributed by atoms with Crippen LogP contribution in [-0.2, 0) is 0 Å². The van der Waals surface area contributed by atoms with Crippen molar-refractivity contribution < 1.29 is 0 Å². The number of hydrogen-bond acceptors (Lipinski definition) is 1. The van der Waals surface area contributed by atoms with Gasteiger partial charge in [0.2, 0.25) is 0 Å². The van der Waals surface area contributed by atoms with Crippen molar-refractivity contribution in [2.24, 2.45) is 11.1 Å². The van der Waals surface area contributed by atoms with Crippen LogP contribution < -0.4 is 5.73 Å². The van der Waals surface area contributed by atoms with E-state index in [0.717, 1.165) is 8.59 Å². The first-order valence-corrected chi connectivity index (χ1v) is 5.98. The molecule has 0 aliphatic carbocycles. The highest BCUT2D eigenvalue weighted by atomic mass is 127. The third-order valence-corrected chi connectivity index (χ3v) is 3.40. The standard InChI is InChI=1S/C11H15ClIN/c1-11(2,3)10(14)8-5-4-7(12)6-9(8)13/h4-6,10H,14H2,1-3H3/t10-/m0/s1. The van der Waals surface area contributed by atoms with Crippen LogP contribution in [0.4, 0.5) is 0 Å². The molecule has 0 saturated carbocycles. The summed E-state index contributed by atoms with van der Waals surface area (Å²) in [5.74, 6) is 0. The Hall–Kier alpha value is 0.200. The molecule has 0 aliphatic rings. The van der Waals surface area contributed by atoms with Crippen molar-refractivity contribution >= 4 is 34.2 Å². The highest BCUT2D eigenvalue weighted by molar-refractivity contribution is 14.1. The maximum absolute atomic E-state index is 6.18. The Morgan fingerprint density at radius 3 is 2.36 bits per heavy atom. The average molecular weight is 324 g/mol. The number of rotatable bonds is 1. The summed E-state index contributed by atoms with van der Waals surface area (Å²) in [6.45, 7) is 6.42. The summed E-state index contributed by atoms with van der Waals surface area (Å²) in [7, 11) is 0. The van der Waals surface area contributed by atoms with Crippen LogP contribution in [0.5, 0.6) is 0 Å². The Morgan fingerprint density at radius 1 is 1.36 bits per heavy atom. The quantitative estimate of drug-likeness (QED) is 0.777. The summed E-state index contributed by atoms with van der Waals surface area (Å²) in [4.78, 5) is 0. The molecule has 0 unspecified atom stereocenters. The second kappa shape index (κ2) is 4.37. The molecule has 1 nitrogen and oxygen atoms in total. The molecule has 0 heterocycles. The van der Waals surface area contributed by atoms with Gasteiger partial charge < -0.3 is 5.73 Å². The monoisotopic (exact) mass is 323 g/mol. The normalized spacial score (nSPS) is 14.1. The van der Waals surface area contributed by atoms with Gasteiger partial charge in [-0.1, -0.05) is 38.4 Å². The first-order valence-electron chi connectivity index (χ1n) is 4.53. The molecule has 78 valence electrons. The lowest BCUT2D eigenvalue weighted by Gasteiger charge is -2.28. The molecule has 0 aromatic heterocycles. The molecule has 0 spiro atoms. The maximum Gasteiger partial charge on any atom is 0.0416 e. The van der Waals surface area contributed by atoms with Gasteiger partial charge in [0, 0.05) is 14.6 Å². The topological polar surface area (TPSA) is 26.0 Å². The van der Waals surface area contributed by atoms with Gasteiger partial charge in [0.05, 0.1) is 0 Å². The Bertz CT molecular complexity index is 331. The summed E-state index contributed by atoms with van der Waals surface area (Å²) >= 11 is 8.17. The fourth-order valence-electron chi connectivity index (χ4n) is 1.22. The van der Waals surface area contributed by atoms with Gasteiger partial charge in [-0.3, -0.25) is 0 Å². The summed E-state index contributed by atoms with van der Waals surface area (Å²) in [6, 6.07) is 5.90. The third-order valence-electron chi connectivity index (χ3n) is 2.23. The van der Waals surface area contributed by atoms with Crippen LogP contribution in [0, 0.1) is 8.99 Å². The van der Waals surface area contributed by atoms with Gasteiger partial charge in [-0.25, -0.2) is 0 Å². The summed E-state index contributed by atoms with van der Waals surface area (Å²) < 4.78 is 1.14. The minimum Gasteiger partial charge on any atom is -0.323 e. The van der Waals surface area contributed by atoms with E-state index >= 15 is 0 Å². The van der Waals surface area contributed by atoms with Crippen molar-refractivity contribution in [2.45, 2.75) is 26.8 Å². The van der Waals surface area contributed by atoms with Crippen LogP contribution >= 0.6 is 34.2 Å². The summed E-state index contributed by atoms with van der Waals surface area (Å²) in [5.41, 5.74) is 7.42. The Balaban J connectivity index is 3.08. The lowest BCUT2D eigenvalue weighted by atomic mass is 9.83. The maximum atomic E-state index is 6.18. The minimum atomic E-state index is 0.0478. The molecule has 14 heavy (non-hydrogen) atoms. The second-order valence-electron chi connectivity index (χ2n) is 4.51.